The molecule has 1 aromatic carbocycles. The summed E-state index contributed by atoms with van der Waals surface area (Å²) in [6.45, 7) is 4.65. The number of rotatable bonds is 4. The predicted molar refractivity (Wildman–Crippen MR) is 79.2 cm³/mol. The van der Waals surface area contributed by atoms with E-state index < -0.39 is 0 Å². The van der Waals surface area contributed by atoms with Crippen LogP contribution >= 0.6 is 11.6 Å². The lowest BCUT2D eigenvalue weighted by atomic mass is 10.2. The van der Waals surface area contributed by atoms with Crippen molar-refractivity contribution in [3.63, 3.8) is 0 Å². The minimum atomic E-state index is 0.553. The molecule has 0 unspecified atom stereocenters. The number of imidazole rings is 1. The van der Waals surface area contributed by atoms with E-state index in [0.717, 1.165) is 34.7 Å². The lowest BCUT2D eigenvalue weighted by molar-refractivity contribution is 0.373. The second-order valence-corrected chi connectivity index (χ2v) is 5.31. The molecule has 0 radical (unpaired) electrons. The van der Waals surface area contributed by atoms with Crippen molar-refractivity contribution in [2.45, 2.75) is 26.8 Å². The molecule has 20 heavy (non-hydrogen) atoms. The summed E-state index contributed by atoms with van der Waals surface area (Å²) >= 11 is 5.89. The SMILES string of the molecule is Cc1cc(Cn2c(CCCl)nc3cccc(C)c32)on1. The number of alkyl halides is 1. The van der Waals surface area contributed by atoms with Crippen LogP contribution in [0.5, 0.6) is 0 Å². The molecule has 2 aromatic heterocycles. The Kier molecular flexibility index (Phi) is 3.49. The van der Waals surface area contributed by atoms with Crippen molar-refractivity contribution in [1.29, 1.82) is 0 Å². The second kappa shape index (κ2) is 5.29. The summed E-state index contributed by atoms with van der Waals surface area (Å²) in [5, 5.41) is 3.94. The molecule has 0 saturated heterocycles. The lowest BCUT2D eigenvalue weighted by Crippen LogP contribution is -2.06. The van der Waals surface area contributed by atoms with Gasteiger partial charge in [-0.1, -0.05) is 17.3 Å². The molecule has 0 aliphatic carbocycles. The van der Waals surface area contributed by atoms with Gasteiger partial charge in [-0.25, -0.2) is 4.98 Å². The number of hydrogen-bond acceptors (Lipinski definition) is 3. The average Bonchev–Trinajstić information content (AvgIpc) is 2.96. The van der Waals surface area contributed by atoms with Gasteiger partial charge in [-0.2, -0.15) is 0 Å². The summed E-state index contributed by atoms with van der Waals surface area (Å²) in [6.07, 6.45) is 0.739. The van der Waals surface area contributed by atoms with Crippen LogP contribution in [-0.4, -0.2) is 20.6 Å². The van der Waals surface area contributed by atoms with Gasteiger partial charge < -0.3 is 9.09 Å². The van der Waals surface area contributed by atoms with Gasteiger partial charge in [0.2, 0.25) is 0 Å². The van der Waals surface area contributed by atoms with E-state index >= 15 is 0 Å². The summed E-state index contributed by atoms with van der Waals surface area (Å²) in [4.78, 5) is 4.68. The third kappa shape index (κ3) is 2.31. The molecule has 0 amide bonds. The highest BCUT2D eigenvalue weighted by atomic mass is 35.5. The van der Waals surface area contributed by atoms with Crippen molar-refractivity contribution >= 4 is 22.6 Å². The number of halogens is 1. The summed E-state index contributed by atoms with van der Waals surface area (Å²) in [5.74, 6) is 2.37. The Balaban J connectivity index is 2.12. The first-order valence-corrected chi connectivity index (χ1v) is 7.15. The van der Waals surface area contributed by atoms with E-state index in [4.69, 9.17) is 16.1 Å². The maximum atomic E-state index is 5.89. The van der Waals surface area contributed by atoms with Gasteiger partial charge in [0.15, 0.2) is 5.76 Å². The van der Waals surface area contributed by atoms with Gasteiger partial charge in [-0.05, 0) is 25.5 Å². The molecule has 0 aliphatic rings. The van der Waals surface area contributed by atoms with E-state index in [9.17, 15) is 0 Å². The van der Waals surface area contributed by atoms with Crippen LogP contribution in [0.1, 0.15) is 22.8 Å². The van der Waals surface area contributed by atoms with Gasteiger partial charge in [0.1, 0.15) is 5.82 Å². The molecule has 3 aromatic rings. The fraction of sp³-hybridized carbons (Fsp3) is 0.333. The third-order valence-electron chi connectivity index (χ3n) is 3.36. The highest BCUT2D eigenvalue weighted by molar-refractivity contribution is 6.17. The molecule has 5 heteroatoms. The van der Waals surface area contributed by atoms with E-state index in [1.165, 1.54) is 5.56 Å². The van der Waals surface area contributed by atoms with Gasteiger partial charge in [-0.3, -0.25) is 0 Å². The average molecular weight is 290 g/mol. The Morgan fingerprint density at radius 2 is 2.15 bits per heavy atom. The van der Waals surface area contributed by atoms with Crippen LogP contribution in [0.4, 0.5) is 0 Å². The van der Waals surface area contributed by atoms with Gasteiger partial charge in [-0.15, -0.1) is 11.6 Å². The van der Waals surface area contributed by atoms with Crippen LogP contribution in [0.15, 0.2) is 28.8 Å². The molecule has 0 saturated carbocycles. The topological polar surface area (TPSA) is 43.9 Å². The van der Waals surface area contributed by atoms with E-state index in [-0.39, 0.29) is 0 Å². The Hall–Kier alpha value is -1.81. The van der Waals surface area contributed by atoms with Crippen molar-refractivity contribution in [2.75, 3.05) is 5.88 Å². The standard InChI is InChI=1S/C15H16ClN3O/c1-10-4-3-5-13-15(10)19(14(17-13)6-7-16)9-12-8-11(2)18-20-12/h3-5,8H,6-7,9H2,1-2H3. The van der Waals surface area contributed by atoms with Crippen LogP contribution in [0.2, 0.25) is 0 Å². The first-order valence-electron chi connectivity index (χ1n) is 6.62. The molecule has 0 aliphatic heterocycles. The normalized spacial score (nSPS) is 11.3. The predicted octanol–water partition coefficient (Wildman–Crippen LogP) is 3.47. The zero-order chi connectivity index (χ0) is 14.1. The Morgan fingerprint density at radius 3 is 2.85 bits per heavy atom. The van der Waals surface area contributed by atoms with Crippen LogP contribution in [-0.2, 0) is 13.0 Å². The second-order valence-electron chi connectivity index (χ2n) is 4.93. The molecule has 0 fully saturated rings. The van der Waals surface area contributed by atoms with Crippen LogP contribution < -0.4 is 0 Å². The Bertz CT molecular complexity index is 745. The summed E-state index contributed by atoms with van der Waals surface area (Å²) < 4.78 is 7.50. The maximum Gasteiger partial charge on any atom is 0.156 e. The van der Waals surface area contributed by atoms with Crippen LogP contribution in [0.25, 0.3) is 11.0 Å². The quantitative estimate of drug-likeness (QED) is 0.691. The molecule has 0 atom stereocenters. The van der Waals surface area contributed by atoms with Gasteiger partial charge in [0, 0.05) is 18.4 Å². The van der Waals surface area contributed by atoms with Gasteiger partial charge >= 0.3 is 0 Å². The zero-order valence-electron chi connectivity index (χ0n) is 11.6. The minimum absolute atomic E-state index is 0.553. The van der Waals surface area contributed by atoms with E-state index in [1.54, 1.807) is 0 Å². The fourth-order valence-corrected chi connectivity index (χ4v) is 2.67. The lowest BCUT2D eigenvalue weighted by Gasteiger charge is -2.07. The minimum Gasteiger partial charge on any atom is -0.359 e. The maximum absolute atomic E-state index is 5.89. The molecule has 3 rings (SSSR count). The van der Waals surface area contributed by atoms with Crippen molar-refractivity contribution in [2.24, 2.45) is 0 Å². The summed E-state index contributed by atoms with van der Waals surface area (Å²) in [5.41, 5.74) is 4.23. The number of fused-ring (bicyclic) bond motifs is 1. The number of nitrogens with zero attached hydrogens (tertiary/aromatic N) is 3. The van der Waals surface area contributed by atoms with Gasteiger partial charge in [0.05, 0.1) is 23.3 Å². The zero-order valence-corrected chi connectivity index (χ0v) is 12.3. The van der Waals surface area contributed by atoms with E-state index in [2.05, 4.69) is 27.7 Å². The van der Waals surface area contributed by atoms with Crippen molar-refractivity contribution in [3.8, 4) is 0 Å². The number of aromatic nitrogens is 3. The number of hydrogen-bond donors (Lipinski definition) is 0. The highest BCUT2D eigenvalue weighted by Crippen LogP contribution is 2.22. The molecule has 4 nitrogen and oxygen atoms in total. The largest absolute Gasteiger partial charge is 0.359 e. The van der Waals surface area contributed by atoms with Crippen molar-refractivity contribution in [3.05, 3.63) is 47.1 Å². The molecular formula is C15H16ClN3O. The van der Waals surface area contributed by atoms with Crippen LogP contribution in [0, 0.1) is 13.8 Å². The van der Waals surface area contributed by atoms with Crippen molar-refractivity contribution < 1.29 is 4.52 Å². The first kappa shape index (κ1) is 13.2. The van der Waals surface area contributed by atoms with Gasteiger partial charge in [0.25, 0.3) is 0 Å². The molecule has 0 N–H and O–H groups in total. The van der Waals surface area contributed by atoms with E-state index in [0.29, 0.717) is 12.4 Å². The molecular weight excluding hydrogens is 274 g/mol. The smallest absolute Gasteiger partial charge is 0.156 e. The molecule has 2 heterocycles. The Labute approximate surface area is 122 Å². The molecule has 0 spiro atoms. The van der Waals surface area contributed by atoms with Crippen LogP contribution in [0.3, 0.4) is 0 Å². The third-order valence-corrected chi connectivity index (χ3v) is 3.55. The molecule has 104 valence electrons. The number of benzene rings is 1. The Morgan fingerprint density at radius 1 is 1.30 bits per heavy atom. The fourth-order valence-electron chi connectivity index (χ4n) is 2.51. The van der Waals surface area contributed by atoms with E-state index in [1.807, 2.05) is 25.1 Å². The molecule has 0 bridgehead atoms. The first-order chi connectivity index (χ1) is 9.69. The summed E-state index contributed by atoms with van der Waals surface area (Å²) in [6, 6.07) is 8.10. The number of para-hydroxylation sites is 1. The monoisotopic (exact) mass is 289 g/mol. The van der Waals surface area contributed by atoms with Crippen molar-refractivity contribution in [1.82, 2.24) is 14.7 Å². The highest BCUT2D eigenvalue weighted by Gasteiger charge is 2.14. The summed E-state index contributed by atoms with van der Waals surface area (Å²) in [7, 11) is 0. The number of aryl methyl sites for hydroxylation is 3.